The number of hydrogen-bond donors (Lipinski definition) is 1. The molecule has 3 heteroatoms. The summed E-state index contributed by atoms with van der Waals surface area (Å²) in [5.41, 5.74) is 4.02. The molecular weight excluding hydrogens is 318 g/mol. The highest BCUT2D eigenvalue weighted by Crippen LogP contribution is 2.13. The van der Waals surface area contributed by atoms with E-state index in [-0.39, 0.29) is 0 Å². The lowest BCUT2D eigenvalue weighted by Gasteiger charge is -2.10. The second-order valence-corrected chi connectivity index (χ2v) is 4.97. The van der Waals surface area contributed by atoms with Gasteiger partial charge < -0.3 is 5.32 Å². The normalized spacial score (nSPS) is 13.3. The molecule has 0 saturated carbocycles. The molecule has 0 radical (unpaired) electrons. The third-order valence-corrected chi connectivity index (χ3v) is 3.23. The number of anilines is 1. The molecule has 0 aromatic heterocycles. The molecule has 0 atom stereocenters. The van der Waals surface area contributed by atoms with Crippen LogP contribution in [0.1, 0.15) is 46.1 Å². The van der Waals surface area contributed by atoms with Crippen LogP contribution in [0, 0.1) is 6.92 Å². The number of aryl methyl sites for hydroxylation is 1. The average molecular weight is 352 g/mol. The lowest BCUT2D eigenvalue weighted by Crippen LogP contribution is -2.12. The van der Waals surface area contributed by atoms with E-state index in [2.05, 4.69) is 53.6 Å². The van der Waals surface area contributed by atoms with Crippen molar-refractivity contribution in [1.82, 2.24) is 0 Å². The molecule has 26 heavy (non-hydrogen) atoms. The Morgan fingerprint density at radius 2 is 1.69 bits per heavy atom. The molecule has 0 spiro atoms. The first kappa shape index (κ1) is 23.3. The minimum Gasteiger partial charge on any atom is -0.324 e. The van der Waals surface area contributed by atoms with Crippen LogP contribution in [0.15, 0.2) is 83.5 Å². The van der Waals surface area contributed by atoms with Crippen molar-refractivity contribution < 1.29 is 0 Å². The summed E-state index contributed by atoms with van der Waals surface area (Å²) in [6.45, 7) is 17.6. The third-order valence-electron chi connectivity index (χ3n) is 3.23. The largest absolute Gasteiger partial charge is 0.324 e. The molecule has 0 unspecified atom stereocenters. The van der Waals surface area contributed by atoms with Crippen LogP contribution in [-0.4, -0.2) is 11.7 Å². The molecule has 2 rings (SSSR count). The van der Waals surface area contributed by atoms with Gasteiger partial charge in [-0.2, -0.15) is 0 Å². The van der Waals surface area contributed by atoms with E-state index >= 15 is 0 Å². The maximum atomic E-state index is 4.57. The van der Waals surface area contributed by atoms with E-state index in [0.717, 1.165) is 29.8 Å². The molecular formula is C23H33N3. The van der Waals surface area contributed by atoms with Crippen molar-refractivity contribution >= 4 is 17.4 Å². The Morgan fingerprint density at radius 1 is 1.04 bits per heavy atom. The summed E-state index contributed by atoms with van der Waals surface area (Å²) in [7, 11) is 0. The van der Waals surface area contributed by atoms with E-state index in [0.29, 0.717) is 5.96 Å². The van der Waals surface area contributed by atoms with Crippen LogP contribution in [0.2, 0.25) is 0 Å². The summed E-state index contributed by atoms with van der Waals surface area (Å²) in [6.07, 6.45) is 11.7. The number of aliphatic imine (C=N–C) groups is 2. The smallest absolute Gasteiger partial charge is 0.227 e. The van der Waals surface area contributed by atoms with Gasteiger partial charge in [0.15, 0.2) is 0 Å². The number of benzene rings is 1. The molecule has 0 aliphatic heterocycles. The summed E-state index contributed by atoms with van der Waals surface area (Å²) < 4.78 is 0. The van der Waals surface area contributed by atoms with Gasteiger partial charge in [-0.3, -0.25) is 0 Å². The van der Waals surface area contributed by atoms with Crippen LogP contribution in [-0.2, 0) is 0 Å². The number of guanidine groups is 1. The number of rotatable bonds is 4. The molecule has 1 aliphatic carbocycles. The lowest BCUT2D eigenvalue weighted by molar-refractivity contribution is 1.03. The third kappa shape index (κ3) is 8.43. The molecule has 1 aliphatic rings. The Bertz CT molecular complexity index is 659. The highest BCUT2D eigenvalue weighted by atomic mass is 15.1. The Kier molecular flexibility index (Phi) is 13.1. The highest BCUT2D eigenvalue weighted by Gasteiger charge is 2.05. The van der Waals surface area contributed by atoms with Crippen LogP contribution in [0.4, 0.5) is 5.69 Å². The van der Waals surface area contributed by atoms with Crippen molar-refractivity contribution in [2.75, 3.05) is 5.32 Å². The van der Waals surface area contributed by atoms with Crippen molar-refractivity contribution in [1.29, 1.82) is 0 Å². The van der Waals surface area contributed by atoms with Gasteiger partial charge >= 0.3 is 0 Å². The van der Waals surface area contributed by atoms with E-state index in [1.165, 1.54) is 11.8 Å². The van der Waals surface area contributed by atoms with Gasteiger partial charge in [0, 0.05) is 11.9 Å². The fourth-order valence-corrected chi connectivity index (χ4v) is 2.09. The minimum absolute atomic E-state index is 0.494. The van der Waals surface area contributed by atoms with Gasteiger partial charge in [0.2, 0.25) is 5.96 Å². The predicted octanol–water partition coefficient (Wildman–Crippen LogP) is 6.86. The molecule has 0 saturated heterocycles. The standard InChI is InChI=1S/C19H21N3.2C2H6/c1-4-18(16-9-7-6-8-10-16)22-19(20-5-2)21-17-13-11-15(3)12-14-17;2*1-2/h4-5,7,9-14H,1-2,6,8H2,3H3,(H,20,21);2*1-2H3/b22-18+;;. The van der Waals surface area contributed by atoms with Crippen molar-refractivity contribution in [3.05, 3.63) is 79.1 Å². The Balaban J connectivity index is 0.00000146. The second kappa shape index (κ2) is 14.6. The molecule has 3 nitrogen and oxygen atoms in total. The molecule has 1 aromatic carbocycles. The molecule has 0 amide bonds. The fourth-order valence-electron chi connectivity index (χ4n) is 2.09. The van der Waals surface area contributed by atoms with Crippen molar-refractivity contribution in [3.63, 3.8) is 0 Å². The zero-order valence-electron chi connectivity index (χ0n) is 16.9. The molecule has 0 heterocycles. The first-order valence-corrected chi connectivity index (χ1v) is 9.33. The summed E-state index contributed by atoms with van der Waals surface area (Å²) in [5.74, 6) is 0.494. The summed E-state index contributed by atoms with van der Waals surface area (Å²) in [6, 6.07) is 8.07. The van der Waals surface area contributed by atoms with E-state index in [4.69, 9.17) is 0 Å². The van der Waals surface area contributed by atoms with Crippen LogP contribution in [0.25, 0.3) is 0 Å². The van der Waals surface area contributed by atoms with Gasteiger partial charge in [-0.05, 0) is 43.5 Å². The number of nitrogens with one attached hydrogen (secondary N) is 1. The van der Waals surface area contributed by atoms with E-state index < -0.39 is 0 Å². The van der Waals surface area contributed by atoms with Gasteiger partial charge in [0.1, 0.15) is 0 Å². The van der Waals surface area contributed by atoms with Gasteiger partial charge in [-0.1, -0.05) is 76.8 Å². The van der Waals surface area contributed by atoms with E-state index in [1.54, 1.807) is 6.08 Å². The predicted molar refractivity (Wildman–Crippen MR) is 119 cm³/mol. The van der Waals surface area contributed by atoms with Gasteiger partial charge in [0.25, 0.3) is 0 Å². The van der Waals surface area contributed by atoms with E-state index in [9.17, 15) is 0 Å². The maximum Gasteiger partial charge on any atom is 0.227 e. The molecule has 1 aromatic rings. The van der Waals surface area contributed by atoms with Crippen LogP contribution >= 0.6 is 0 Å². The van der Waals surface area contributed by atoms with Crippen LogP contribution in [0.5, 0.6) is 0 Å². The average Bonchev–Trinajstić information content (AvgIpc) is 2.71. The SMILES string of the molecule is C=CN=C(/N=C(\C=C)C1=CCCC=C1)Nc1ccc(C)cc1.CC.CC. The molecule has 0 bridgehead atoms. The Labute approximate surface area is 159 Å². The van der Waals surface area contributed by atoms with Gasteiger partial charge in [0.05, 0.1) is 5.71 Å². The summed E-state index contributed by atoms with van der Waals surface area (Å²) >= 11 is 0. The number of allylic oxidation sites excluding steroid dienone is 5. The molecule has 0 fully saturated rings. The number of hydrogen-bond acceptors (Lipinski definition) is 1. The monoisotopic (exact) mass is 351 g/mol. The fraction of sp³-hybridized carbons (Fsp3) is 0.304. The quantitative estimate of drug-likeness (QED) is 0.467. The van der Waals surface area contributed by atoms with Gasteiger partial charge in [-0.25, -0.2) is 9.98 Å². The van der Waals surface area contributed by atoms with Gasteiger partial charge in [-0.15, -0.1) is 0 Å². The Morgan fingerprint density at radius 3 is 2.19 bits per heavy atom. The molecule has 140 valence electrons. The topological polar surface area (TPSA) is 36.8 Å². The maximum absolute atomic E-state index is 4.57. The van der Waals surface area contributed by atoms with Crippen molar-refractivity contribution in [2.45, 2.75) is 47.5 Å². The Hall–Kier alpha value is -2.68. The first-order chi connectivity index (χ1) is 12.7. The summed E-state index contributed by atoms with van der Waals surface area (Å²) in [4.78, 5) is 8.78. The van der Waals surface area contributed by atoms with Crippen molar-refractivity contribution in [3.8, 4) is 0 Å². The second-order valence-electron chi connectivity index (χ2n) is 4.97. The highest BCUT2D eigenvalue weighted by molar-refractivity contribution is 6.16. The van der Waals surface area contributed by atoms with E-state index in [1.807, 2.05) is 52.0 Å². The van der Waals surface area contributed by atoms with Crippen LogP contribution in [0.3, 0.4) is 0 Å². The summed E-state index contributed by atoms with van der Waals surface area (Å²) in [5, 5.41) is 3.20. The zero-order chi connectivity index (χ0) is 19.8. The first-order valence-electron chi connectivity index (χ1n) is 9.33. The minimum atomic E-state index is 0.494. The number of nitrogens with zero attached hydrogens (tertiary/aromatic N) is 2. The van der Waals surface area contributed by atoms with Crippen molar-refractivity contribution in [2.24, 2.45) is 9.98 Å². The molecule has 1 N–H and O–H groups in total. The zero-order valence-corrected chi connectivity index (χ0v) is 16.9. The lowest BCUT2D eigenvalue weighted by atomic mass is 10.0. The van der Waals surface area contributed by atoms with Crippen LogP contribution < -0.4 is 5.32 Å².